The Morgan fingerprint density at radius 1 is 1.21 bits per heavy atom. The number of ether oxygens (including phenoxy) is 1. The van der Waals surface area contributed by atoms with Crippen LogP contribution >= 0.6 is 0 Å². The first-order valence-electron chi connectivity index (χ1n) is 6.57. The molecule has 2 saturated heterocycles. The van der Waals surface area contributed by atoms with Crippen molar-refractivity contribution in [2.75, 3.05) is 0 Å². The predicted octanol–water partition coefficient (Wildman–Crippen LogP) is 2.88. The van der Waals surface area contributed by atoms with Gasteiger partial charge in [0.1, 0.15) is 17.7 Å². The van der Waals surface area contributed by atoms with E-state index in [-0.39, 0.29) is 24.0 Å². The van der Waals surface area contributed by atoms with Crippen LogP contribution in [0.1, 0.15) is 25.7 Å². The van der Waals surface area contributed by atoms with Gasteiger partial charge in [-0.25, -0.2) is 9.18 Å². The third-order valence-corrected chi connectivity index (χ3v) is 4.03. The van der Waals surface area contributed by atoms with Crippen molar-refractivity contribution >= 4 is 6.09 Å². The first kappa shape index (κ1) is 12.3. The first-order valence-corrected chi connectivity index (χ1v) is 6.57. The average Bonchev–Trinajstić information content (AvgIpc) is 2.65. The molecule has 0 radical (unpaired) electrons. The zero-order valence-electron chi connectivity index (χ0n) is 10.5. The van der Waals surface area contributed by atoms with Gasteiger partial charge in [0.15, 0.2) is 0 Å². The molecule has 19 heavy (non-hydrogen) atoms. The van der Waals surface area contributed by atoms with E-state index >= 15 is 0 Å². The zero-order chi connectivity index (χ0) is 13.4. The molecule has 1 aromatic rings. The van der Waals surface area contributed by atoms with Crippen LogP contribution in [0.5, 0.6) is 5.75 Å². The highest BCUT2D eigenvalue weighted by molar-refractivity contribution is 5.66. The summed E-state index contributed by atoms with van der Waals surface area (Å²) in [5, 5.41) is 9.17. The van der Waals surface area contributed by atoms with Crippen molar-refractivity contribution in [2.45, 2.75) is 43.9 Å². The number of halogens is 1. The molecule has 1 aromatic carbocycles. The van der Waals surface area contributed by atoms with Crippen molar-refractivity contribution in [3.63, 3.8) is 0 Å². The summed E-state index contributed by atoms with van der Waals surface area (Å²) in [5.41, 5.74) is 0. The van der Waals surface area contributed by atoms with E-state index in [4.69, 9.17) is 9.84 Å². The van der Waals surface area contributed by atoms with E-state index in [0.29, 0.717) is 5.75 Å². The summed E-state index contributed by atoms with van der Waals surface area (Å²) < 4.78 is 18.6. The number of fused-ring (bicyclic) bond motifs is 2. The van der Waals surface area contributed by atoms with Gasteiger partial charge in [0, 0.05) is 24.9 Å². The van der Waals surface area contributed by atoms with Gasteiger partial charge in [-0.3, -0.25) is 0 Å². The molecule has 1 amide bonds. The molecule has 2 fully saturated rings. The second-order valence-electron chi connectivity index (χ2n) is 5.24. The van der Waals surface area contributed by atoms with E-state index in [1.54, 1.807) is 17.0 Å². The van der Waals surface area contributed by atoms with Crippen LogP contribution in [-0.4, -0.2) is 34.3 Å². The van der Waals surface area contributed by atoms with Crippen LogP contribution in [0.2, 0.25) is 0 Å². The van der Waals surface area contributed by atoms with Gasteiger partial charge in [-0.1, -0.05) is 0 Å². The summed E-state index contributed by atoms with van der Waals surface area (Å²) in [4.78, 5) is 12.7. The van der Waals surface area contributed by atoms with Crippen LogP contribution in [-0.2, 0) is 0 Å². The van der Waals surface area contributed by atoms with Gasteiger partial charge in [-0.15, -0.1) is 0 Å². The lowest BCUT2D eigenvalue weighted by atomic mass is 10.0. The maximum Gasteiger partial charge on any atom is 0.407 e. The molecule has 0 unspecified atom stereocenters. The van der Waals surface area contributed by atoms with Crippen molar-refractivity contribution in [1.29, 1.82) is 0 Å². The van der Waals surface area contributed by atoms with Gasteiger partial charge in [-0.05, 0) is 37.1 Å². The Morgan fingerprint density at radius 2 is 1.79 bits per heavy atom. The van der Waals surface area contributed by atoms with E-state index < -0.39 is 6.09 Å². The van der Waals surface area contributed by atoms with E-state index in [1.165, 1.54) is 12.1 Å². The third kappa shape index (κ3) is 2.37. The lowest BCUT2D eigenvalue weighted by Gasteiger charge is -2.37. The molecule has 5 heteroatoms. The number of amides is 1. The van der Waals surface area contributed by atoms with Gasteiger partial charge >= 0.3 is 6.09 Å². The van der Waals surface area contributed by atoms with Crippen LogP contribution in [0.15, 0.2) is 24.3 Å². The molecule has 0 saturated carbocycles. The lowest BCUT2D eigenvalue weighted by molar-refractivity contribution is 0.0495. The monoisotopic (exact) mass is 265 g/mol. The van der Waals surface area contributed by atoms with E-state index in [1.807, 2.05) is 0 Å². The van der Waals surface area contributed by atoms with Gasteiger partial charge < -0.3 is 14.7 Å². The molecule has 102 valence electrons. The van der Waals surface area contributed by atoms with Crippen LogP contribution in [0, 0.1) is 5.82 Å². The smallest absolute Gasteiger partial charge is 0.407 e. The summed E-state index contributed by atoms with van der Waals surface area (Å²) in [7, 11) is 0. The number of hydrogen-bond donors (Lipinski definition) is 1. The molecule has 2 bridgehead atoms. The Labute approximate surface area is 110 Å². The number of hydrogen-bond acceptors (Lipinski definition) is 2. The van der Waals surface area contributed by atoms with Crippen LogP contribution < -0.4 is 4.74 Å². The van der Waals surface area contributed by atoms with Gasteiger partial charge in [0.25, 0.3) is 0 Å². The highest BCUT2D eigenvalue weighted by Crippen LogP contribution is 2.37. The fraction of sp³-hybridized carbons (Fsp3) is 0.500. The van der Waals surface area contributed by atoms with E-state index in [9.17, 15) is 9.18 Å². The third-order valence-electron chi connectivity index (χ3n) is 4.03. The van der Waals surface area contributed by atoms with Crippen molar-refractivity contribution in [2.24, 2.45) is 0 Å². The van der Waals surface area contributed by atoms with Crippen molar-refractivity contribution in [1.82, 2.24) is 4.90 Å². The summed E-state index contributed by atoms with van der Waals surface area (Å²) in [6.07, 6.45) is 2.48. The summed E-state index contributed by atoms with van der Waals surface area (Å²) in [6, 6.07) is 6.11. The number of carbonyl (C=O) groups is 1. The molecule has 3 atom stereocenters. The number of carboxylic acid groups (broad SMARTS) is 1. The van der Waals surface area contributed by atoms with E-state index in [0.717, 1.165) is 25.7 Å². The summed E-state index contributed by atoms with van der Waals surface area (Å²) in [6.45, 7) is 0. The molecule has 4 nitrogen and oxygen atoms in total. The zero-order valence-corrected chi connectivity index (χ0v) is 10.5. The summed E-state index contributed by atoms with van der Waals surface area (Å²) in [5.74, 6) is 0.364. The molecule has 0 spiro atoms. The van der Waals surface area contributed by atoms with Crippen LogP contribution in [0.25, 0.3) is 0 Å². The molecule has 0 aromatic heterocycles. The average molecular weight is 265 g/mol. The standard InChI is InChI=1S/C14H16FNO3/c15-9-1-5-12(6-2-9)19-13-7-10-3-4-11(8-13)16(10)14(17)18/h1-2,5-6,10-11,13H,3-4,7-8H2,(H,17,18)/t10-,11+,13+. The fourth-order valence-electron chi connectivity index (χ4n) is 3.24. The molecular formula is C14H16FNO3. The molecule has 3 rings (SSSR count). The fourth-order valence-corrected chi connectivity index (χ4v) is 3.24. The molecular weight excluding hydrogens is 249 g/mol. The first-order chi connectivity index (χ1) is 9.13. The second-order valence-corrected chi connectivity index (χ2v) is 5.24. The van der Waals surface area contributed by atoms with Crippen molar-refractivity contribution in [3.8, 4) is 5.75 Å². The Kier molecular flexibility index (Phi) is 3.05. The molecule has 2 heterocycles. The molecule has 1 N–H and O–H groups in total. The minimum atomic E-state index is -0.826. The minimum Gasteiger partial charge on any atom is -0.490 e. The molecule has 0 aliphatic carbocycles. The Bertz CT molecular complexity index is 462. The Morgan fingerprint density at radius 3 is 2.32 bits per heavy atom. The van der Waals surface area contributed by atoms with Gasteiger partial charge in [0.05, 0.1) is 0 Å². The maximum absolute atomic E-state index is 12.8. The number of benzene rings is 1. The second kappa shape index (κ2) is 4.72. The Hall–Kier alpha value is -1.78. The van der Waals surface area contributed by atoms with Crippen molar-refractivity contribution < 1.29 is 19.0 Å². The van der Waals surface area contributed by atoms with Crippen LogP contribution in [0.3, 0.4) is 0 Å². The maximum atomic E-state index is 12.8. The van der Waals surface area contributed by atoms with Gasteiger partial charge in [-0.2, -0.15) is 0 Å². The van der Waals surface area contributed by atoms with E-state index in [2.05, 4.69) is 0 Å². The quantitative estimate of drug-likeness (QED) is 0.894. The normalized spacial score (nSPS) is 29.3. The molecule has 2 aliphatic rings. The largest absolute Gasteiger partial charge is 0.490 e. The number of piperidine rings is 1. The minimum absolute atomic E-state index is 0.0264. The topological polar surface area (TPSA) is 49.8 Å². The number of nitrogens with zero attached hydrogens (tertiary/aromatic N) is 1. The highest BCUT2D eigenvalue weighted by atomic mass is 19.1. The SMILES string of the molecule is O=C(O)N1[C@@H]2CC[C@H]1C[C@@H](Oc1ccc(F)cc1)C2. The van der Waals surface area contributed by atoms with Gasteiger partial charge in [0.2, 0.25) is 0 Å². The summed E-state index contributed by atoms with van der Waals surface area (Å²) >= 11 is 0. The lowest BCUT2D eigenvalue weighted by Crippen LogP contribution is -2.48. The molecule has 2 aliphatic heterocycles. The Balaban J connectivity index is 1.66. The van der Waals surface area contributed by atoms with Crippen molar-refractivity contribution in [3.05, 3.63) is 30.1 Å². The predicted molar refractivity (Wildman–Crippen MR) is 66.7 cm³/mol. The number of rotatable bonds is 2. The van der Waals surface area contributed by atoms with Crippen LogP contribution in [0.4, 0.5) is 9.18 Å². The highest BCUT2D eigenvalue weighted by Gasteiger charge is 2.44.